The van der Waals surface area contributed by atoms with Crippen LogP contribution in [0.25, 0.3) is 17.1 Å². The average molecular weight is 338 g/mol. The monoisotopic (exact) mass is 338 g/mol. The molecule has 0 atom stereocenters. The first-order valence-corrected chi connectivity index (χ1v) is 8.71. The molecule has 1 radical (unpaired) electrons. The van der Waals surface area contributed by atoms with Gasteiger partial charge >= 0.3 is 5.88 Å². The number of hydrogen-bond donors (Lipinski definition) is 0. The molecular weight excluding hydrogens is 318 g/mol. The molecule has 3 aromatic rings. The van der Waals surface area contributed by atoms with Crippen molar-refractivity contribution < 1.29 is 9.34 Å². The van der Waals surface area contributed by atoms with Gasteiger partial charge in [-0.2, -0.15) is 0 Å². The summed E-state index contributed by atoms with van der Waals surface area (Å²) < 4.78 is 7.27. The van der Waals surface area contributed by atoms with E-state index in [2.05, 4.69) is 19.2 Å². The van der Waals surface area contributed by atoms with E-state index in [0.717, 1.165) is 11.3 Å². The molecule has 6 nitrogen and oxygen atoms in total. The quantitative estimate of drug-likeness (QED) is 0.499. The van der Waals surface area contributed by atoms with E-state index < -0.39 is 4.92 Å². The predicted octanol–water partition coefficient (Wildman–Crippen LogP) is 4.97. The molecule has 4 rings (SSSR count). The van der Waals surface area contributed by atoms with Crippen molar-refractivity contribution in [3.8, 4) is 11.5 Å². The summed E-state index contributed by atoms with van der Waals surface area (Å²) in [5.41, 5.74) is 5.01. The van der Waals surface area contributed by atoms with Crippen LogP contribution in [0.2, 0.25) is 0 Å². The van der Waals surface area contributed by atoms with E-state index in [9.17, 15) is 10.1 Å². The highest BCUT2D eigenvalue weighted by Gasteiger charge is 2.24. The van der Waals surface area contributed by atoms with Crippen LogP contribution in [0.15, 0.2) is 22.6 Å². The fraction of sp³-hybridized carbons (Fsp3) is 0.421. The minimum atomic E-state index is -0.540. The number of imidazole rings is 1. The summed E-state index contributed by atoms with van der Waals surface area (Å²) in [6.45, 7) is 4.17. The second-order valence-corrected chi connectivity index (χ2v) is 6.84. The molecule has 0 N–H and O–H groups in total. The maximum Gasteiger partial charge on any atom is 0.433 e. The number of fused-ring (bicyclic) bond motifs is 1. The van der Waals surface area contributed by atoms with Gasteiger partial charge in [0.05, 0.1) is 6.07 Å². The van der Waals surface area contributed by atoms with Gasteiger partial charge in [0.2, 0.25) is 0 Å². The minimum absolute atomic E-state index is 0.277. The van der Waals surface area contributed by atoms with Crippen molar-refractivity contribution >= 4 is 11.5 Å². The molecule has 1 fully saturated rings. The summed E-state index contributed by atoms with van der Waals surface area (Å²) in [5, 5.41) is 10.9. The fourth-order valence-electron chi connectivity index (χ4n) is 3.97. The van der Waals surface area contributed by atoms with E-state index >= 15 is 0 Å². The Morgan fingerprint density at radius 2 is 2.04 bits per heavy atom. The second-order valence-electron chi connectivity index (χ2n) is 6.84. The zero-order valence-electron chi connectivity index (χ0n) is 14.4. The van der Waals surface area contributed by atoms with Crippen molar-refractivity contribution in [3.05, 3.63) is 51.3 Å². The van der Waals surface area contributed by atoms with Gasteiger partial charge in [-0.1, -0.05) is 19.3 Å². The van der Waals surface area contributed by atoms with Gasteiger partial charge in [-0.25, -0.2) is 4.98 Å². The molecule has 3 aromatic heterocycles. The topological polar surface area (TPSA) is 73.6 Å². The van der Waals surface area contributed by atoms with Gasteiger partial charge in [-0.05, 0) is 50.3 Å². The van der Waals surface area contributed by atoms with Crippen LogP contribution in [0.1, 0.15) is 54.8 Å². The minimum Gasteiger partial charge on any atom is -0.399 e. The molecule has 1 saturated carbocycles. The molecule has 1 aliphatic carbocycles. The Labute approximate surface area is 145 Å². The molecule has 0 aliphatic heterocycles. The molecule has 0 unspecified atom stereocenters. The van der Waals surface area contributed by atoms with Crippen molar-refractivity contribution in [2.45, 2.75) is 51.9 Å². The van der Waals surface area contributed by atoms with E-state index in [4.69, 9.17) is 9.40 Å². The molecule has 3 heterocycles. The van der Waals surface area contributed by atoms with Crippen LogP contribution in [0.3, 0.4) is 0 Å². The van der Waals surface area contributed by atoms with Crippen LogP contribution in [-0.4, -0.2) is 14.3 Å². The van der Waals surface area contributed by atoms with Gasteiger partial charge in [-0.15, -0.1) is 0 Å². The van der Waals surface area contributed by atoms with Crippen LogP contribution in [0.5, 0.6) is 0 Å². The SMILES string of the molecule is Cc1cc(C)n2[c]c(-c3ccc([N+](=O)[O-])o3)nc2c1C1CCCCC1. The average Bonchev–Trinajstić information content (AvgIpc) is 3.23. The van der Waals surface area contributed by atoms with Crippen molar-refractivity contribution in [3.63, 3.8) is 0 Å². The molecule has 0 amide bonds. The van der Waals surface area contributed by atoms with Crippen LogP contribution in [-0.2, 0) is 0 Å². The van der Waals surface area contributed by atoms with Gasteiger partial charge in [0.15, 0.2) is 5.76 Å². The molecule has 0 bridgehead atoms. The summed E-state index contributed by atoms with van der Waals surface area (Å²) in [5.74, 6) is 0.620. The molecule has 6 heteroatoms. The lowest BCUT2D eigenvalue weighted by Gasteiger charge is -2.24. The lowest BCUT2D eigenvalue weighted by Crippen LogP contribution is -2.09. The second kappa shape index (κ2) is 6.02. The van der Waals surface area contributed by atoms with Crippen molar-refractivity contribution in [2.75, 3.05) is 0 Å². The van der Waals surface area contributed by atoms with Crippen LogP contribution < -0.4 is 0 Å². The molecule has 0 saturated heterocycles. The summed E-state index contributed by atoms with van der Waals surface area (Å²) >= 11 is 0. The molecule has 129 valence electrons. The largest absolute Gasteiger partial charge is 0.433 e. The first-order valence-electron chi connectivity index (χ1n) is 8.71. The molecule has 1 aliphatic rings. The summed E-state index contributed by atoms with van der Waals surface area (Å²) in [7, 11) is 0. The molecule has 0 aromatic carbocycles. The predicted molar refractivity (Wildman–Crippen MR) is 93.7 cm³/mol. The van der Waals surface area contributed by atoms with Crippen LogP contribution in [0, 0.1) is 30.2 Å². The zero-order valence-corrected chi connectivity index (χ0v) is 14.4. The van der Waals surface area contributed by atoms with Crippen molar-refractivity contribution in [1.82, 2.24) is 9.38 Å². The first-order chi connectivity index (χ1) is 12.0. The maximum atomic E-state index is 10.9. The Kier molecular flexibility index (Phi) is 3.82. The number of nitrogens with zero attached hydrogens (tertiary/aromatic N) is 3. The Hall–Kier alpha value is -2.63. The number of pyridine rings is 1. The Morgan fingerprint density at radius 3 is 2.72 bits per heavy atom. The third-order valence-electron chi connectivity index (χ3n) is 5.11. The van der Waals surface area contributed by atoms with Gasteiger partial charge < -0.3 is 4.42 Å². The maximum absolute atomic E-state index is 10.9. The molecule has 25 heavy (non-hydrogen) atoms. The van der Waals surface area contributed by atoms with E-state index in [1.54, 1.807) is 6.07 Å². The highest BCUT2D eigenvalue weighted by atomic mass is 16.6. The summed E-state index contributed by atoms with van der Waals surface area (Å²) in [6, 6.07) is 5.11. The number of hydrogen-bond acceptors (Lipinski definition) is 4. The number of aromatic nitrogens is 2. The Bertz CT molecular complexity index is 948. The number of aryl methyl sites for hydroxylation is 2. The molecule has 0 spiro atoms. The van der Waals surface area contributed by atoms with Crippen molar-refractivity contribution in [1.29, 1.82) is 0 Å². The van der Waals surface area contributed by atoms with Crippen LogP contribution in [0.4, 0.5) is 5.88 Å². The lowest BCUT2D eigenvalue weighted by molar-refractivity contribution is -0.401. The van der Waals surface area contributed by atoms with Crippen molar-refractivity contribution in [2.24, 2.45) is 0 Å². The summed E-state index contributed by atoms with van der Waals surface area (Å²) in [6.07, 6.45) is 9.42. The highest BCUT2D eigenvalue weighted by molar-refractivity contribution is 5.63. The normalized spacial score (nSPS) is 15.8. The Balaban J connectivity index is 1.85. The fourth-order valence-corrected chi connectivity index (χ4v) is 3.97. The van der Waals surface area contributed by atoms with Gasteiger partial charge in [0.1, 0.15) is 22.5 Å². The van der Waals surface area contributed by atoms with E-state index in [1.807, 2.05) is 11.3 Å². The number of nitro groups is 1. The first kappa shape index (κ1) is 15.9. The lowest BCUT2D eigenvalue weighted by atomic mass is 9.82. The van der Waals surface area contributed by atoms with Crippen LogP contribution >= 0.6 is 0 Å². The van der Waals surface area contributed by atoms with Gasteiger partial charge in [-0.3, -0.25) is 14.5 Å². The van der Waals surface area contributed by atoms with E-state index in [0.29, 0.717) is 17.4 Å². The number of furan rings is 1. The summed E-state index contributed by atoms with van der Waals surface area (Å²) in [4.78, 5) is 15.1. The Morgan fingerprint density at radius 1 is 1.28 bits per heavy atom. The van der Waals surface area contributed by atoms with E-state index in [1.165, 1.54) is 49.3 Å². The third-order valence-corrected chi connectivity index (χ3v) is 5.11. The smallest absolute Gasteiger partial charge is 0.399 e. The zero-order chi connectivity index (χ0) is 17.6. The molecular formula is C19H20N3O3. The standard InChI is InChI=1S/C19H20N3O3/c1-12-10-13(2)21-11-15(16-8-9-17(25-16)22(23)24)20-19(21)18(12)14-6-4-3-5-7-14/h8-10,14H,3-7H2,1-2H3. The number of rotatable bonds is 3. The van der Waals surface area contributed by atoms with Gasteiger partial charge in [0.25, 0.3) is 0 Å². The van der Waals surface area contributed by atoms with E-state index in [-0.39, 0.29) is 5.88 Å². The highest BCUT2D eigenvalue weighted by Crippen LogP contribution is 2.37. The third kappa shape index (κ3) is 2.71. The van der Waals surface area contributed by atoms with Gasteiger partial charge in [0, 0.05) is 11.3 Å².